The first-order chi connectivity index (χ1) is 10.1. The Kier molecular flexibility index (Phi) is 8.49. The number of aromatic nitrogens is 3. The van der Waals surface area contributed by atoms with E-state index in [1.807, 2.05) is 18.5 Å². The minimum absolute atomic E-state index is 0.0755. The fourth-order valence-electron chi connectivity index (χ4n) is 2.25. The molecule has 0 aliphatic carbocycles. The maximum absolute atomic E-state index is 5.75. The molecule has 1 aromatic rings. The Hall–Kier alpha value is -0.980. The van der Waals surface area contributed by atoms with Crippen molar-refractivity contribution < 1.29 is 9.47 Å². The van der Waals surface area contributed by atoms with Gasteiger partial charge in [0.15, 0.2) is 6.29 Å². The molecule has 0 saturated carbocycles. The van der Waals surface area contributed by atoms with Crippen LogP contribution in [0.2, 0.25) is 0 Å². The SMILES string of the molecule is CCCNC(Cc1ncnn1C(C)C)C(OCC)OCC. The monoisotopic (exact) mass is 298 g/mol. The highest BCUT2D eigenvalue weighted by Crippen LogP contribution is 2.12. The van der Waals surface area contributed by atoms with Crippen LogP contribution in [0.15, 0.2) is 6.33 Å². The van der Waals surface area contributed by atoms with Gasteiger partial charge in [-0.25, -0.2) is 9.67 Å². The molecule has 0 aliphatic rings. The van der Waals surface area contributed by atoms with Crippen molar-refractivity contribution in [2.45, 2.75) is 65.8 Å². The summed E-state index contributed by atoms with van der Waals surface area (Å²) in [5.41, 5.74) is 0. The van der Waals surface area contributed by atoms with Gasteiger partial charge in [-0.1, -0.05) is 6.92 Å². The molecular weight excluding hydrogens is 268 g/mol. The van der Waals surface area contributed by atoms with Gasteiger partial charge in [0.1, 0.15) is 12.2 Å². The minimum atomic E-state index is -0.260. The Balaban J connectivity index is 2.82. The number of rotatable bonds is 11. The van der Waals surface area contributed by atoms with Crippen LogP contribution in [-0.4, -0.2) is 46.9 Å². The molecule has 6 heteroatoms. The van der Waals surface area contributed by atoms with Gasteiger partial charge in [0.05, 0.1) is 6.04 Å². The first-order valence-electron chi connectivity index (χ1n) is 7.98. The summed E-state index contributed by atoms with van der Waals surface area (Å²) in [5, 5.41) is 7.81. The van der Waals surface area contributed by atoms with Crippen LogP contribution in [0.1, 0.15) is 52.9 Å². The second kappa shape index (κ2) is 9.87. The third-order valence-corrected chi connectivity index (χ3v) is 3.19. The molecule has 1 unspecified atom stereocenters. The Morgan fingerprint density at radius 3 is 2.38 bits per heavy atom. The zero-order valence-electron chi connectivity index (χ0n) is 14.0. The van der Waals surface area contributed by atoms with Gasteiger partial charge in [0.25, 0.3) is 0 Å². The predicted molar refractivity (Wildman–Crippen MR) is 83.2 cm³/mol. The molecule has 0 fully saturated rings. The first-order valence-corrected chi connectivity index (χ1v) is 7.98. The molecule has 0 aromatic carbocycles. The third kappa shape index (κ3) is 5.73. The van der Waals surface area contributed by atoms with Crippen LogP contribution in [0.5, 0.6) is 0 Å². The Morgan fingerprint density at radius 2 is 1.86 bits per heavy atom. The highest BCUT2D eigenvalue weighted by Gasteiger charge is 2.24. The van der Waals surface area contributed by atoms with Crippen LogP contribution >= 0.6 is 0 Å². The average molecular weight is 298 g/mol. The third-order valence-electron chi connectivity index (χ3n) is 3.19. The van der Waals surface area contributed by atoms with Crippen LogP contribution in [0.3, 0.4) is 0 Å². The maximum Gasteiger partial charge on any atom is 0.173 e. The van der Waals surface area contributed by atoms with E-state index in [9.17, 15) is 0 Å². The van der Waals surface area contributed by atoms with Crippen molar-refractivity contribution in [3.05, 3.63) is 12.2 Å². The highest BCUT2D eigenvalue weighted by atomic mass is 16.7. The molecule has 0 saturated heterocycles. The zero-order chi connectivity index (χ0) is 15.7. The molecular formula is C15H30N4O2. The van der Waals surface area contributed by atoms with Crippen molar-refractivity contribution in [1.82, 2.24) is 20.1 Å². The van der Waals surface area contributed by atoms with E-state index in [4.69, 9.17) is 9.47 Å². The van der Waals surface area contributed by atoms with Crippen LogP contribution in [0.25, 0.3) is 0 Å². The normalized spacial score (nSPS) is 13.3. The minimum Gasteiger partial charge on any atom is -0.351 e. The molecule has 0 radical (unpaired) electrons. The van der Waals surface area contributed by atoms with E-state index in [-0.39, 0.29) is 12.3 Å². The summed E-state index contributed by atoms with van der Waals surface area (Å²) >= 11 is 0. The molecule has 1 aromatic heterocycles. The number of hydrogen-bond acceptors (Lipinski definition) is 5. The van der Waals surface area contributed by atoms with Crippen molar-refractivity contribution in [2.24, 2.45) is 0 Å². The van der Waals surface area contributed by atoms with Crippen molar-refractivity contribution in [3.63, 3.8) is 0 Å². The fourth-order valence-corrected chi connectivity index (χ4v) is 2.25. The lowest BCUT2D eigenvalue weighted by molar-refractivity contribution is -0.154. The predicted octanol–water partition coefficient (Wildman–Crippen LogP) is 2.17. The lowest BCUT2D eigenvalue weighted by Crippen LogP contribution is -2.45. The molecule has 0 spiro atoms. The number of nitrogens with zero attached hydrogens (tertiary/aromatic N) is 3. The van der Waals surface area contributed by atoms with Crippen molar-refractivity contribution in [2.75, 3.05) is 19.8 Å². The molecule has 6 nitrogen and oxygen atoms in total. The fraction of sp³-hybridized carbons (Fsp3) is 0.867. The molecule has 122 valence electrons. The van der Waals surface area contributed by atoms with Crippen molar-refractivity contribution >= 4 is 0 Å². The average Bonchev–Trinajstić information content (AvgIpc) is 2.91. The van der Waals surface area contributed by atoms with Crippen LogP contribution in [0.4, 0.5) is 0 Å². The van der Waals surface area contributed by atoms with E-state index in [0.717, 1.165) is 25.2 Å². The van der Waals surface area contributed by atoms with Crippen molar-refractivity contribution in [1.29, 1.82) is 0 Å². The van der Waals surface area contributed by atoms with E-state index in [1.165, 1.54) is 0 Å². The maximum atomic E-state index is 5.75. The van der Waals surface area contributed by atoms with E-state index < -0.39 is 0 Å². The van der Waals surface area contributed by atoms with Crippen LogP contribution in [-0.2, 0) is 15.9 Å². The van der Waals surface area contributed by atoms with E-state index in [0.29, 0.717) is 19.3 Å². The number of ether oxygens (including phenoxy) is 2. The summed E-state index contributed by atoms with van der Waals surface area (Å²) in [7, 11) is 0. The molecule has 1 rings (SSSR count). The standard InChI is InChI=1S/C15H30N4O2/c1-6-9-16-13(15(20-7-2)21-8-3)10-14-17-11-18-19(14)12(4)5/h11-13,15-16H,6-10H2,1-5H3. The lowest BCUT2D eigenvalue weighted by Gasteiger charge is -2.27. The van der Waals surface area contributed by atoms with Crippen LogP contribution in [0, 0.1) is 0 Å². The molecule has 0 amide bonds. The van der Waals surface area contributed by atoms with Crippen LogP contribution < -0.4 is 5.32 Å². The van der Waals surface area contributed by atoms with E-state index in [1.54, 1.807) is 6.33 Å². The summed E-state index contributed by atoms with van der Waals surface area (Å²) in [6, 6.07) is 0.374. The summed E-state index contributed by atoms with van der Waals surface area (Å²) in [4.78, 5) is 4.39. The largest absolute Gasteiger partial charge is 0.351 e. The quantitative estimate of drug-likeness (QED) is 0.634. The van der Waals surface area contributed by atoms with Gasteiger partial charge in [-0.3, -0.25) is 0 Å². The van der Waals surface area contributed by atoms with Gasteiger partial charge in [0.2, 0.25) is 0 Å². The summed E-state index contributed by atoms with van der Waals surface area (Å²) in [6.07, 6.45) is 3.16. The van der Waals surface area contributed by atoms with E-state index >= 15 is 0 Å². The first kappa shape index (κ1) is 18.1. The number of hydrogen-bond donors (Lipinski definition) is 1. The van der Waals surface area contributed by atoms with Crippen molar-refractivity contribution in [3.8, 4) is 0 Å². The Bertz CT molecular complexity index is 376. The summed E-state index contributed by atoms with van der Waals surface area (Å²) in [5.74, 6) is 0.961. The molecule has 1 atom stereocenters. The van der Waals surface area contributed by atoms with Gasteiger partial charge >= 0.3 is 0 Å². The van der Waals surface area contributed by atoms with Gasteiger partial charge in [-0.2, -0.15) is 5.10 Å². The molecule has 1 N–H and O–H groups in total. The topological polar surface area (TPSA) is 61.2 Å². The van der Waals surface area contributed by atoms with Gasteiger partial charge in [-0.05, 0) is 40.7 Å². The van der Waals surface area contributed by atoms with Gasteiger partial charge in [0, 0.05) is 25.7 Å². The lowest BCUT2D eigenvalue weighted by atomic mass is 10.1. The highest BCUT2D eigenvalue weighted by molar-refractivity contribution is 4.92. The molecule has 21 heavy (non-hydrogen) atoms. The Morgan fingerprint density at radius 1 is 1.19 bits per heavy atom. The molecule has 1 heterocycles. The smallest absolute Gasteiger partial charge is 0.173 e. The summed E-state index contributed by atoms with van der Waals surface area (Å²) < 4.78 is 13.5. The van der Waals surface area contributed by atoms with Gasteiger partial charge < -0.3 is 14.8 Å². The molecule has 0 bridgehead atoms. The van der Waals surface area contributed by atoms with Gasteiger partial charge in [-0.15, -0.1) is 0 Å². The summed E-state index contributed by atoms with van der Waals surface area (Å²) in [6.45, 7) is 12.5. The number of nitrogens with one attached hydrogen (secondary N) is 1. The zero-order valence-corrected chi connectivity index (χ0v) is 14.0. The second-order valence-electron chi connectivity index (χ2n) is 5.26. The second-order valence-corrected chi connectivity index (χ2v) is 5.26. The Labute approximate surface area is 128 Å². The molecule has 0 aliphatic heterocycles. The van der Waals surface area contributed by atoms with E-state index in [2.05, 4.69) is 36.2 Å².